The zero-order valence-corrected chi connectivity index (χ0v) is 20.7. The first-order valence-electron chi connectivity index (χ1n) is 12.5. The number of rotatable bonds is 22. The van der Waals surface area contributed by atoms with Crippen molar-refractivity contribution in [3.63, 3.8) is 0 Å². The molecule has 0 rings (SSSR count). The van der Waals surface area contributed by atoms with Crippen LogP contribution in [0.2, 0.25) is 0 Å². The van der Waals surface area contributed by atoms with Gasteiger partial charge in [-0.3, -0.25) is 4.79 Å². The van der Waals surface area contributed by atoms with Crippen LogP contribution in [0.3, 0.4) is 0 Å². The minimum atomic E-state index is -0.650. The summed E-state index contributed by atoms with van der Waals surface area (Å²) in [5.74, 6) is -0.650. The Bertz CT molecular complexity index is 299. The fraction of sp³-hybridized carbons (Fsp3) is 0.885. The highest BCUT2D eigenvalue weighted by atomic mass is 16.4. The van der Waals surface area contributed by atoms with E-state index in [-0.39, 0.29) is 12.3 Å². The van der Waals surface area contributed by atoms with Crippen LogP contribution in [0.1, 0.15) is 148 Å². The number of carbonyl (C=O) groups is 1. The zero-order chi connectivity index (χ0) is 21.1. The van der Waals surface area contributed by atoms with E-state index in [1.807, 2.05) is 0 Å². The molecule has 0 radical (unpaired) electrons. The minimum absolute atomic E-state index is 0. The Labute approximate surface area is 189 Å². The second kappa shape index (κ2) is 35.6. The molecule has 0 atom stereocenters. The quantitative estimate of drug-likeness (QED) is 0.117. The van der Waals surface area contributed by atoms with Crippen molar-refractivity contribution in [3.05, 3.63) is 13.2 Å². The molecule has 0 aromatic carbocycles. The molecule has 4 nitrogen and oxygen atoms in total. The predicted molar refractivity (Wildman–Crippen MR) is 136 cm³/mol. The highest BCUT2D eigenvalue weighted by Crippen LogP contribution is 2.15. The zero-order valence-electron chi connectivity index (χ0n) is 20.7. The molecular weight excluding hydrogens is 372 g/mol. The number of hydrogen-bond acceptors (Lipinski definition) is 3. The summed E-state index contributed by atoms with van der Waals surface area (Å²) in [5.41, 5.74) is 0. The van der Waals surface area contributed by atoms with Crippen molar-refractivity contribution >= 4 is 5.97 Å². The van der Waals surface area contributed by atoms with Crippen LogP contribution in [0.15, 0.2) is 13.2 Å². The first-order valence-corrected chi connectivity index (χ1v) is 12.5. The second-order valence-corrected chi connectivity index (χ2v) is 8.21. The second-order valence-electron chi connectivity index (χ2n) is 8.21. The van der Waals surface area contributed by atoms with E-state index in [0.717, 1.165) is 12.8 Å². The lowest BCUT2D eigenvalue weighted by atomic mass is 10.0. The van der Waals surface area contributed by atoms with Crippen LogP contribution in [0, 0.1) is 0 Å². The summed E-state index contributed by atoms with van der Waals surface area (Å²) < 4.78 is 0. The van der Waals surface area contributed by atoms with E-state index >= 15 is 0 Å². The lowest BCUT2D eigenvalue weighted by Crippen LogP contribution is -1.93. The first-order chi connectivity index (χ1) is 13.8. The molecule has 0 aliphatic rings. The van der Waals surface area contributed by atoms with E-state index in [9.17, 15) is 4.79 Å². The van der Waals surface area contributed by atoms with E-state index < -0.39 is 5.97 Å². The third-order valence-electron chi connectivity index (χ3n) is 5.49. The highest BCUT2D eigenvalue weighted by Gasteiger charge is 1.97. The molecule has 184 valence electrons. The van der Waals surface area contributed by atoms with Crippen molar-refractivity contribution in [2.75, 3.05) is 0 Å². The average molecular weight is 431 g/mol. The van der Waals surface area contributed by atoms with Crippen molar-refractivity contribution in [1.82, 2.24) is 12.3 Å². The van der Waals surface area contributed by atoms with Gasteiger partial charge in [0, 0.05) is 6.42 Å². The Morgan fingerprint density at radius 2 is 0.700 bits per heavy atom. The van der Waals surface area contributed by atoms with Crippen LogP contribution in [0.25, 0.3) is 0 Å². The Kier molecular flexibility index (Phi) is 43.3. The van der Waals surface area contributed by atoms with Gasteiger partial charge in [-0.2, -0.15) is 0 Å². The molecule has 4 heteroatoms. The van der Waals surface area contributed by atoms with Gasteiger partial charge in [-0.05, 0) is 6.42 Å². The van der Waals surface area contributed by atoms with E-state index in [1.165, 1.54) is 122 Å². The molecule has 7 N–H and O–H groups in total. The summed E-state index contributed by atoms with van der Waals surface area (Å²) in [6, 6.07) is 0. The average Bonchev–Trinajstić information content (AvgIpc) is 2.70. The summed E-state index contributed by atoms with van der Waals surface area (Å²) >= 11 is 0. The van der Waals surface area contributed by atoms with Gasteiger partial charge in [0.05, 0.1) is 0 Å². The van der Waals surface area contributed by atoms with Crippen LogP contribution in [0.5, 0.6) is 0 Å². The monoisotopic (exact) mass is 430 g/mol. The number of unbranched alkanes of at least 4 members (excludes halogenated alkanes) is 20. The summed E-state index contributed by atoms with van der Waals surface area (Å²) in [6.45, 7) is 8.29. The molecule has 0 saturated heterocycles. The standard InChI is InChI=1S/C24H48O2.C2H4.2H3N/c1-2-3-4-5-6-7-8-9-10-11-12-13-14-15-16-17-18-19-20-21-22-23-24(25)26;1-2;;/h2-23H2,1H3,(H,25,26);1-2H2;2*1H3. The van der Waals surface area contributed by atoms with Gasteiger partial charge in [0.2, 0.25) is 0 Å². The summed E-state index contributed by atoms with van der Waals surface area (Å²) in [7, 11) is 0. The van der Waals surface area contributed by atoms with Crippen LogP contribution in [0.4, 0.5) is 0 Å². The van der Waals surface area contributed by atoms with Crippen molar-refractivity contribution in [3.8, 4) is 0 Å². The Morgan fingerprint density at radius 1 is 0.500 bits per heavy atom. The number of hydrogen-bond donors (Lipinski definition) is 3. The maximum Gasteiger partial charge on any atom is 0.303 e. The van der Waals surface area contributed by atoms with Crippen molar-refractivity contribution in [2.45, 2.75) is 148 Å². The molecule has 0 bridgehead atoms. The molecule has 0 saturated carbocycles. The molecule has 0 aromatic rings. The van der Waals surface area contributed by atoms with Gasteiger partial charge in [0.15, 0.2) is 0 Å². The van der Waals surface area contributed by atoms with Crippen molar-refractivity contribution < 1.29 is 9.90 Å². The maximum absolute atomic E-state index is 10.4. The summed E-state index contributed by atoms with van der Waals surface area (Å²) in [5, 5.41) is 8.57. The van der Waals surface area contributed by atoms with Gasteiger partial charge < -0.3 is 17.4 Å². The van der Waals surface area contributed by atoms with E-state index in [1.54, 1.807) is 0 Å². The van der Waals surface area contributed by atoms with E-state index in [0.29, 0.717) is 6.42 Å². The van der Waals surface area contributed by atoms with Gasteiger partial charge in [-0.15, -0.1) is 13.2 Å². The molecule has 0 aromatic heterocycles. The normalized spacial score (nSPS) is 9.77. The minimum Gasteiger partial charge on any atom is -0.481 e. The molecule has 0 spiro atoms. The number of aliphatic carboxylic acids is 1. The largest absolute Gasteiger partial charge is 0.481 e. The number of carboxylic acids is 1. The molecule has 0 fully saturated rings. The first kappa shape index (κ1) is 36.5. The van der Waals surface area contributed by atoms with Gasteiger partial charge >= 0.3 is 5.97 Å². The van der Waals surface area contributed by atoms with Gasteiger partial charge in [-0.25, -0.2) is 0 Å². The summed E-state index contributed by atoms with van der Waals surface area (Å²) in [6.07, 6.45) is 29.1. The fourth-order valence-corrected chi connectivity index (χ4v) is 3.71. The topological polar surface area (TPSA) is 107 Å². The third kappa shape index (κ3) is 37.8. The lowest BCUT2D eigenvalue weighted by Gasteiger charge is -2.04. The Balaban J connectivity index is -0.000000817. The highest BCUT2D eigenvalue weighted by molar-refractivity contribution is 5.66. The molecule has 0 amide bonds. The van der Waals surface area contributed by atoms with E-state index in [2.05, 4.69) is 20.1 Å². The summed E-state index contributed by atoms with van der Waals surface area (Å²) in [4.78, 5) is 10.4. The molecule has 0 aliphatic carbocycles. The Hall–Kier alpha value is -0.870. The van der Waals surface area contributed by atoms with Crippen molar-refractivity contribution in [2.24, 2.45) is 0 Å². The van der Waals surface area contributed by atoms with Gasteiger partial charge in [0.1, 0.15) is 0 Å². The lowest BCUT2D eigenvalue weighted by molar-refractivity contribution is -0.137. The van der Waals surface area contributed by atoms with Crippen molar-refractivity contribution in [1.29, 1.82) is 0 Å². The molecule has 0 unspecified atom stereocenters. The molecular formula is C26H58N2O2. The van der Waals surface area contributed by atoms with Gasteiger partial charge in [-0.1, -0.05) is 135 Å². The SMILES string of the molecule is C=C.CCCCCCCCCCCCCCCCCCCCCCCC(=O)O.N.N. The fourth-order valence-electron chi connectivity index (χ4n) is 3.71. The van der Waals surface area contributed by atoms with E-state index in [4.69, 9.17) is 5.11 Å². The molecule has 0 aliphatic heterocycles. The van der Waals surface area contributed by atoms with Crippen LogP contribution in [-0.4, -0.2) is 11.1 Å². The van der Waals surface area contributed by atoms with Crippen LogP contribution >= 0.6 is 0 Å². The Morgan fingerprint density at radius 3 is 0.900 bits per heavy atom. The van der Waals surface area contributed by atoms with Crippen LogP contribution in [-0.2, 0) is 4.79 Å². The van der Waals surface area contributed by atoms with Crippen LogP contribution < -0.4 is 12.3 Å². The smallest absolute Gasteiger partial charge is 0.303 e. The predicted octanol–water partition coefficient (Wildman–Crippen LogP) is 9.80. The maximum atomic E-state index is 10.4. The molecule has 0 heterocycles. The molecule has 30 heavy (non-hydrogen) atoms. The number of carboxylic acid groups (broad SMARTS) is 1. The third-order valence-corrected chi connectivity index (χ3v) is 5.49. The van der Waals surface area contributed by atoms with Gasteiger partial charge in [0.25, 0.3) is 0 Å².